The molecule has 110 valence electrons. The highest BCUT2D eigenvalue weighted by Crippen LogP contribution is 2.37. The Kier molecular flexibility index (Phi) is 2.67. The third kappa shape index (κ3) is 1.72. The molecular weight excluding hydrogens is 272 g/mol. The molecule has 3 aromatic rings. The monoisotopic (exact) mass is 290 g/mol. The van der Waals surface area contributed by atoms with Gasteiger partial charge < -0.3 is 9.32 Å². The lowest BCUT2D eigenvalue weighted by Crippen LogP contribution is -2.37. The van der Waals surface area contributed by atoms with E-state index >= 15 is 0 Å². The number of fused-ring (bicyclic) bond motifs is 3. The second kappa shape index (κ2) is 4.47. The summed E-state index contributed by atoms with van der Waals surface area (Å²) in [6.07, 6.45) is 10.2. The molecule has 1 aromatic carbocycles. The molecule has 0 spiro atoms. The smallest absolute Gasteiger partial charge is 0.227 e. The summed E-state index contributed by atoms with van der Waals surface area (Å²) >= 11 is 0. The number of rotatable bonds is 1. The zero-order chi connectivity index (χ0) is 15.3. The molecule has 3 heterocycles. The van der Waals surface area contributed by atoms with Gasteiger partial charge in [0.2, 0.25) is 5.71 Å². The molecule has 0 radical (unpaired) electrons. The van der Waals surface area contributed by atoms with E-state index in [2.05, 4.69) is 73.4 Å². The van der Waals surface area contributed by atoms with E-state index in [-0.39, 0.29) is 5.54 Å². The predicted octanol–water partition coefficient (Wildman–Crippen LogP) is 4.52. The van der Waals surface area contributed by atoms with Gasteiger partial charge in [0.05, 0.1) is 5.54 Å². The number of hydrogen-bond acceptors (Lipinski definition) is 3. The molecule has 0 amide bonds. The van der Waals surface area contributed by atoms with Crippen molar-refractivity contribution in [3.8, 4) is 0 Å². The van der Waals surface area contributed by atoms with Crippen LogP contribution in [0, 0.1) is 6.92 Å². The normalized spacial score (nSPS) is 21.1. The average Bonchev–Trinajstić information content (AvgIpc) is 2.87. The first-order chi connectivity index (χ1) is 10.6. The second-order valence-corrected chi connectivity index (χ2v) is 6.08. The van der Waals surface area contributed by atoms with E-state index in [1.54, 1.807) is 6.20 Å². The van der Waals surface area contributed by atoms with E-state index in [0.29, 0.717) is 5.71 Å². The number of hydrogen-bond donors (Lipinski definition) is 0. The van der Waals surface area contributed by atoms with Crippen LogP contribution in [0.1, 0.15) is 18.1 Å². The van der Waals surface area contributed by atoms with Crippen molar-refractivity contribution in [2.45, 2.75) is 19.4 Å². The van der Waals surface area contributed by atoms with Crippen LogP contribution in [0.5, 0.6) is 0 Å². The standard InChI is InChI=1S/C19H18N2O/c1-13-11-15-14-7-6-9-20-18(14)22-17(15)12-16(13)19(2)8-4-5-10-21(19)3/h4-12H,1-3H3. The quantitative estimate of drug-likeness (QED) is 0.660. The molecule has 1 unspecified atom stereocenters. The number of allylic oxidation sites excluding steroid dienone is 2. The molecule has 22 heavy (non-hydrogen) atoms. The fourth-order valence-electron chi connectivity index (χ4n) is 3.28. The molecule has 1 aliphatic heterocycles. The van der Waals surface area contributed by atoms with Crippen molar-refractivity contribution in [2.24, 2.45) is 0 Å². The van der Waals surface area contributed by atoms with Crippen molar-refractivity contribution in [1.29, 1.82) is 0 Å². The lowest BCUT2D eigenvalue weighted by atomic mass is 9.85. The minimum atomic E-state index is -0.167. The molecule has 3 heteroatoms. The maximum absolute atomic E-state index is 5.95. The van der Waals surface area contributed by atoms with Crippen molar-refractivity contribution in [2.75, 3.05) is 7.05 Å². The molecule has 1 atom stereocenters. The van der Waals surface area contributed by atoms with Gasteiger partial charge >= 0.3 is 0 Å². The van der Waals surface area contributed by atoms with Crippen LogP contribution in [0.3, 0.4) is 0 Å². The van der Waals surface area contributed by atoms with Crippen molar-refractivity contribution in [3.63, 3.8) is 0 Å². The Bertz CT molecular complexity index is 935. The lowest BCUT2D eigenvalue weighted by Gasteiger charge is -2.39. The van der Waals surface area contributed by atoms with Gasteiger partial charge in [-0.1, -0.05) is 12.2 Å². The van der Waals surface area contributed by atoms with E-state index < -0.39 is 0 Å². The van der Waals surface area contributed by atoms with Crippen LogP contribution in [-0.4, -0.2) is 16.9 Å². The molecular formula is C19H18N2O. The van der Waals surface area contributed by atoms with Crippen molar-refractivity contribution >= 4 is 22.1 Å². The van der Waals surface area contributed by atoms with Gasteiger partial charge in [0, 0.05) is 24.0 Å². The molecule has 0 fully saturated rings. The fourth-order valence-corrected chi connectivity index (χ4v) is 3.28. The Morgan fingerprint density at radius 3 is 2.86 bits per heavy atom. The number of aromatic nitrogens is 1. The van der Waals surface area contributed by atoms with Crippen LogP contribution in [0.4, 0.5) is 0 Å². The summed E-state index contributed by atoms with van der Waals surface area (Å²) in [5.41, 5.74) is 3.94. The number of benzene rings is 1. The molecule has 1 aliphatic rings. The van der Waals surface area contributed by atoms with Crippen LogP contribution < -0.4 is 0 Å². The summed E-state index contributed by atoms with van der Waals surface area (Å²) in [7, 11) is 2.10. The van der Waals surface area contributed by atoms with Crippen LogP contribution in [-0.2, 0) is 5.54 Å². The first-order valence-corrected chi connectivity index (χ1v) is 7.47. The molecule has 0 saturated carbocycles. The summed E-state index contributed by atoms with van der Waals surface area (Å²) in [6, 6.07) is 8.38. The number of likely N-dealkylation sites (N-methyl/N-ethyl adjacent to an activating group) is 1. The Morgan fingerprint density at radius 2 is 2.05 bits per heavy atom. The van der Waals surface area contributed by atoms with Gasteiger partial charge in [-0.3, -0.25) is 0 Å². The van der Waals surface area contributed by atoms with Gasteiger partial charge in [0.25, 0.3) is 0 Å². The molecule has 4 rings (SSSR count). The SMILES string of the molecule is Cc1cc2c(cc1C1(C)C=CC=CN1C)oc1ncccc12. The zero-order valence-electron chi connectivity index (χ0n) is 13.0. The Labute approximate surface area is 129 Å². The first kappa shape index (κ1) is 13.1. The number of furan rings is 1. The summed E-state index contributed by atoms with van der Waals surface area (Å²) in [6.45, 7) is 4.39. The van der Waals surface area contributed by atoms with Gasteiger partial charge in [-0.25, -0.2) is 4.98 Å². The molecule has 0 bridgehead atoms. The van der Waals surface area contributed by atoms with Crippen molar-refractivity contribution < 1.29 is 4.42 Å². The van der Waals surface area contributed by atoms with Gasteiger partial charge in [-0.05, 0) is 61.5 Å². The van der Waals surface area contributed by atoms with Crippen molar-refractivity contribution in [3.05, 3.63) is 66.0 Å². The van der Waals surface area contributed by atoms with Crippen LogP contribution in [0.25, 0.3) is 22.1 Å². The first-order valence-electron chi connectivity index (χ1n) is 7.47. The Morgan fingerprint density at radius 1 is 1.18 bits per heavy atom. The van der Waals surface area contributed by atoms with E-state index in [0.717, 1.165) is 16.4 Å². The predicted molar refractivity (Wildman–Crippen MR) is 89.6 cm³/mol. The van der Waals surface area contributed by atoms with Crippen LogP contribution >= 0.6 is 0 Å². The van der Waals surface area contributed by atoms with Gasteiger partial charge in [0.15, 0.2) is 0 Å². The summed E-state index contributed by atoms with van der Waals surface area (Å²) < 4.78 is 5.95. The number of aryl methyl sites for hydroxylation is 1. The fraction of sp³-hybridized carbons (Fsp3) is 0.211. The van der Waals surface area contributed by atoms with Gasteiger partial charge in [0.1, 0.15) is 5.58 Å². The van der Waals surface area contributed by atoms with Crippen LogP contribution in [0.2, 0.25) is 0 Å². The third-order valence-corrected chi connectivity index (χ3v) is 4.71. The molecule has 0 saturated heterocycles. The second-order valence-electron chi connectivity index (χ2n) is 6.08. The summed E-state index contributed by atoms with van der Waals surface area (Å²) in [5.74, 6) is 0. The number of pyridine rings is 1. The van der Waals surface area contributed by atoms with E-state index in [1.165, 1.54) is 11.1 Å². The largest absolute Gasteiger partial charge is 0.438 e. The highest BCUT2D eigenvalue weighted by atomic mass is 16.3. The summed E-state index contributed by atoms with van der Waals surface area (Å²) in [5, 5.41) is 2.20. The maximum Gasteiger partial charge on any atom is 0.227 e. The van der Waals surface area contributed by atoms with Gasteiger partial charge in [-0.2, -0.15) is 0 Å². The zero-order valence-corrected chi connectivity index (χ0v) is 13.0. The topological polar surface area (TPSA) is 29.3 Å². The Hall–Kier alpha value is -2.55. The molecule has 0 aliphatic carbocycles. The minimum absolute atomic E-state index is 0.167. The van der Waals surface area contributed by atoms with Crippen LogP contribution in [0.15, 0.2) is 59.3 Å². The highest BCUT2D eigenvalue weighted by molar-refractivity contribution is 6.04. The Balaban J connectivity index is 2.00. The molecule has 2 aromatic heterocycles. The maximum atomic E-state index is 5.95. The lowest BCUT2D eigenvalue weighted by molar-refractivity contribution is 0.261. The van der Waals surface area contributed by atoms with E-state index in [1.807, 2.05) is 6.07 Å². The summed E-state index contributed by atoms with van der Waals surface area (Å²) in [4.78, 5) is 6.54. The average molecular weight is 290 g/mol. The van der Waals surface area contributed by atoms with E-state index in [4.69, 9.17) is 4.42 Å². The molecule has 0 N–H and O–H groups in total. The highest BCUT2D eigenvalue weighted by Gasteiger charge is 2.30. The molecule has 3 nitrogen and oxygen atoms in total. The van der Waals surface area contributed by atoms with Crippen molar-refractivity contribution in [1.82, 2.24) is 9.88 Å². The van der Waals surface area contributed by atoms with Gasteiger partial charge in [-0.15, -0.1) is 0 Å². The van der Waals surface area contributed by atoms with E-state index in [9.17, 15) is 0 Å². The third-order valence-electron chi connectivity index (χ3n) is 4.71. The number of nitrogens with zero attached hydrogens (tertiary/aromatic N) is 2. The minimum Gasteiger partial charge on any atom is -0.438 e.